The zero-order valence-electron chi connectivity index (χ0n) is 17.1. The number of aromatic nitrogens is 2. The van der Waals surface area contributed by atoms with Crippen LogP contribution in [0.3, 0.4) is 0 Å². The van der Waals surface area contributed by atoms with E-state index in [1.165, 1.54) is 12.4 Å². The summed E-state index contributed by atoms with van der Waals surface area (Å²) in [4.78, 5) is 24.0. The molecule has 0 saturated carbocycles. The number of amides is 1. The third-order valence-corrected chi connectivity index (χ3v) is 4.20. The van der Waals surface area contributed by atoms with E-state index in [1.54, 1.807) is 56.5 Å². The fourth-order valence-corrected chi connectivity index (χ4v) is 2.73. The fraction of sp³-hybridized carbons (Fsp3) is 0.182. The van der Waals surface area contributed by atoms with Crippen molar-refractivity contribution in [1.82, 2.24) is 15.6 Å². The van der Waals surface area contributed by atoms with E-state index in [4.69, 9.17) is 14.2 Å². The summed E-state index contributed by atoms with van der Waals surface area (Å²) in [5.41, 5.74) is 4.54. The van der Waals surface area contributed by atoms with Crippen LogP contribution in [0.5, 0.6) is 11.5 Å². The quantitative estimate of drug-likeness (QED) is 0.311. The van der Waals surface area contributed by atoms with E-state index in [2.05, 4.69) is 20.7 Å². The second-order valence-electron chi connectivity index (χ2n) is 6.25. The maximum Gasteiger partial charge on any atom is 0.341 e. The van der Waals surface area contributed by atoms with E-state index in [0.717, 1.165) is 11.1 Å². The maximum atomic E-state index is 12.1. The zero-order chi connectivity index (χ0) is 22.1. The van der Waals surface area contributed by atoms with Crippen molar-refractivity contribution < 1.29 is 23.8 Å². The fourth-order valence-electron chi connectivity index (χ4n) is 2.73. The standard InChI is InChI=1S/C22H22N4O5/c1-3-30-22(28)17-6-4-5-7-20(17)31-14-16-12-15(8-9-19(16)29-2)13-24-26-21(27)18-10-11-23-25-18/h4-13H,3,14H2,1-2H3,(H,23,25)(H,26,27). The number of hydrazone groups is 1. The number of hydrogen-bond donors (Lipinski definition) is 2. The average Bonchev–Trinajstić information content (AvgIpc) is 3.33. The monoisotopic (exact) mass is 422 g/mol. The first-order chi connectivity index (χ1) is 15.1. The average molecular weight is 422 g/mol. The Morgan fingerprint density at radius 2 is 2.00 bits per heavy atom. The molecule has 1 heterocycles. The summed E-state index contributed by atoms with van der Waals surface area (Å²) in [6.07, 6.45) is 2.98. The molecule has 1 amide bonds. The summed E-state index contributed by atoms with van der Waals surface area (Å²) >= 11 is 0. The van der Waals surface area contributed by atoms with Crippen LogP contribution in [0, 0.1) is 0 Å². The van der Waals surface area contributed by atoms with E-state index in [1.807, 2.05) is 6.07 Å². The second kappa shape index (κ2) is 10.6. The van der Waals surface area contributed by atoms with Crippen LogP contribution in [0.4, 0.5) is 0 Å². The van der Waals surface area contributed by atoms with Gasteiger partial charge in [-0.05, 0) is 48.9 Å². The molecule has 1 aromatic heterocycles. The minimum absolute atomic E-state index is 0.155. The molecule has 9 heteroatoms. The highest BCUT2D eigenvalue weighted by Crippen LogP contribution is 2.24. The van der Waals surface area contributed by atoms with Gasteiger partial charge in [-0.1, -0.05) is 12.1 Å². The number of nitrogens with zero attached hydrogens (tertiary/aromatic N) is 2. The highest BCUT2D eigenvalue weighted by atomic mass is 16.5. The Bertz CT molecular complexity index is 1060. The van der Waals surface area contributed by atoms with Crippen LogP contribution in [0.15, 0.2) is 59.8 Å². The largest absolute Gasteiger partial charge is 0.496 e. The van der Waals surface area contributed by atoms with Crippen LogP contribution in [0.1, 0.15) is 38.9 Å². The Kier molecular flexibility index (Phi) is 7.36. The molecule has 0 spiro atoms. The smallest absolute Gasteiger partial charge is 0.341 e. The van der Waals surface area contributed by atoms with Gasteiger partial charge in [-0.25, -0.2) is 10.2 Å². The van der Waals surface area contributed by atoms with E-state index < -0.39 is 11.9 Å². The Morgan fingerprint density at radius 1 is 1.16 bits per heavy atom. The van der Waals surface area contributed by atoms with Crippen LogP contribution in [-0.2, 0) is 11.3 Å². The molecule has 0 aliphatic carbocycles. The number of rotatable bonds is 9. The predicted molar refractivity (Wildman–Crippen MR) is 113 cm³/mol. The zero-order valence-corrected chi connectivity index (χ0v) is 17.1. The normalized spacial score (nSPS) is 10.6. The summed E-state index contributed by atoms with van der Waals surface area (Å²) in [6.45, 7) is 2.18. The number of aromatic amines is 1. The highest BCUT2D eigenvalue weighted by molar-refractivity contribution is 5.93. The molecule has 0 aliphatic rings. The lowest BCUT2D eigenvalue weighted by Gasteiger charge is -2.13. The summed E-state index contributed by atoms with van der Waals surface area (Å²) in [6, 6.07) is 13.8. The van der Waals surface area contributed by atoms with Crippen molar-refractivity contribution in [2.45, 2.75) is 13.5 Å². The van der Waals surface area contributed by atoms with Crippen LogP contribution in [-0.4, -0.2) is 42.0 Å². The van der Waals surface area contributed by atoms with E-state index in [0.29, 0.717) is 22.8 Å². The molecule has 0 bridgehead atoms. The van der Waals surface area contributed by atoms with Gasteiger partial charge in [0.25, 0.3) is 5.91 Å². The Hall–Kier alpha value is -4.14. The van der Waals surface area contributed by atoms with Crippen molar-refractivity contribution in [3.8, 4) is 11.5 Å². The number of H-pyrrole nitrogens is 1. The van der Waals surface area contributed by atoms with Crippen molar-refractivity contribution in [3.05, 3.63) is 77.1 Å². The number of carbonyl (C=O) groups excluding carboxylic acids is 2. The van der Waals surface area contributed by atoms with Gasteiger partial charge in [0, 0.05) is 11.8 Å². The summed E-state index contributed by atoms with van der Waals surface area (Å²) < 4.78 is 16.3. The van der Waals surface area contributed by atoms with Gasteiger partial charge >= 0.3 is 5.97 Å². The van der Waals surface area contributed by atoms with Gasteiger partial charge in [0.2, 0.25) is 0 Å². The number of nitrogens with one attached hydrogen (secondary N) is 2. The number of esters is 1. The lowest BCUT2D eigenvalue weighted by atomic mass is 10.1. The molecule has 2 N–H and O–H groups in total. The molecule has 0 atom stereocenters. The SMILES string of the molecule is CCOC(=O)c1ccccc1OCc1cc(C=NNC(=O)c2ccn[nH]2)ccc1OC. The van der Waals surface area contributed by atoms with Gasteiger partial charge in [0.1, 0.15) is 29.4 Å². The van der Waals surface area contributed by atoms with Crippen molar-refractivity contribution in [3.63, 3.8) is 0 Å². The van der Waals surface area contributed by atoms with Gasteiger partial charge in [-0.3, -0.25) is 9.89 Å². The molecule has 0 saturated heterocycles. The van der Waals surface area contributed by atoms with Crippen LogP contribution in [0.25, 0.3) is 0 Å². The molecule has 160 valence electrons. The summed E-state index contributed by atoms with van der Waals surface area (Å²) in [5, 5.41) is 10.2. The molecule has 3 rings (SSSR count). The lowest BCUT2D eigenvalue weighted by Crippen LogP contribution is -2.18. The van der Waals surface area contributed by atoms with E-state index >= 15 is 0 Å². The molecular formula is C22H22N4O5. The van der Waals surface area contributed by atoms with Gasteiger partial charge in [0.05, 0.1) is 19.9 Å². The van der Waals surface area contributed by atoms with Crippen LogP contribution < -0.4 is 14.9 Å². The molecule has 9 nitrogen and oxygen atoms in total. The third kappa shape index (κ3) is 5.69. The van der Waals surface area contributed by atoms with Crippen LogP contribution >= 0.6 is 0 Å². The molecule has 0 fully saturated rings. The highest BCUT2D eigenvalue weighted by Gasteiger charge is 2.14. The van der Waals surface area contributed by atoms with Crippen molar-refractivity contribution in [2.24, 2.45) is 5.10 Å². The Balaban J connectivity index is 1.71. The lowest BCUT2D eigenvalue weighted by molar-refractivity contribution is 0.0521. The van der Waals surface area contributed by atoms with E-state index in [-0.39, 0.29) is 13.2 Å². The minimum Gasteiger partial charge on any atom is -0.496 e. The Labute approximate surface area is 179 Å². The molecule has 0 aliphatic heterocycles. The van der Waals surface area contributed by atoms with Crippen molar-refractivity contribution in [1.29, 1.82) is 0 Å². The molecule has 3 aromatic rings. The number of ether oxygens (including phenoxy) is 3. The molecule has 0 radical (unpaired) electrons. The maximum absolute atomic E-state index is 12.1. The third-order valence-electron chi connectivity index (χ3n) is 4.20. The molecule has 0 unspecified atom stereocenters. The number of methoxy groups -OCH3 is 1. The first-order valence-corrected chi connectivity index (χ1v) is 9.51. The Morgan fingerprint density at radius 3 is 2.74 bits per heavy atom. The molecule has 2 aromatic carbocycles. The first-order valence-electron chi connectivity index (χ1n) is 9.51. The van der Waals surface area contributed by atoms with Gasteiger partial charge in [-0.15, -0.1) is 0 Å². The minimum atomic E-state index is -0.445. The topological polar surface area (TPSA) is 115 Å². The first kappa shape index (κ1) is 21.6. The summed E-state index contributed by atoms with van der Waals surface area (Å²) in [7, 11) is 1.56. The van der Waals surface area contributed by atoms with Gasteiger partial charge in [0.15, 0.2) is 0 Å². The number of para-hydroxylation sites is 1. The number of carbonyl (C=O) groups is 2. The number of benzene rings is 2. The van der Waals surface area contributed by atoms with E-state index in [9.17, 15) is 9.59 Å². The molecular weight excluding hydrogens is 400 g/mol. The molecule has 31 heavy (non-hydrogen) atoms. The van der Waals surface area contributed by atoms with Gasteiger partial charge < -0.3 is 14.2 Å². The van der Waals surface area contributed by atoms with Crippen molar-refractivity contribution >= 4 is 18.1 Å². The predicted octanol–water partition coefficient (Wildman–Crippen LogP) is 2.94. The number of hydrogen-bond acceptors (Lipinski definition) is 7. The summed E-state index contributed by atoms with van der Waals surface area (Å²) in [5.74, 6) is 0.182. The second-order valence-corrected chi connectivity index (χ2v) is 6.25. The van der Waals surface area contributed by atoms with Crippen LogP contribution in [0.2, 0.25) is 0 Å². The van der Waals surface area contributed by atoms with Crippen molar-refractivity contribution in [2.75, 3.05) is 13.7 Å². The van der Waals surface area contributed by atoms with Gasteiger partial charge in [-0.2, -0.15) is 10.2 Å².